The lowest BCUT2D eigenvalue weighted by Gasteiger charge is -2.13. The van der Waals surface area contributed by atoms with E-state index < -0.39 is 23.6 Å². The standard InChI is InChI=1S/C16H13F4N5O/c17-13-5-9(12-6-22-24-14(12)16(18,19)20)1-2-11(13)15(26)23-10-3-4-25(7-10)8-21/h1-2,5-6,10H,3-4,7H2,(H,22,24)(H,23,26)/t10-/m1/s1. The van der Waals surface area contributed by atoms with Crippen molar-refractivity contribution in [1.29, 1.82) is 5.26 Å². The topological polar surface area (TPSA) is 84.8 Å². The van der Waals surface area contributed by atoms with Gasteiger partial charge in [-0.05, 0) is 24.1 Å². The first kappa shape index (κ1) is 17.7. The lowest BCUT2D eigenvalue weighted by molar-refractivity contribution is -0.140. The average molecular weight is 367 g/mol. The van der Waals surface area contributed by atoms with Crippen molar-refractivity contribution in [3.8, 4) is 17.3 Å². The molecule has 1 saturated heterocycles. The first-order valence-corrected chi connectivity index (χ1v) is 7.65. The van der Waals surface area contributed by atoms with E-state index in [1.807, 2.05) is 11.3 Å². The Balaban J connectivity index is 1.79. The average Bonchev–Trinajstić information content (AvgIpc) is 3.23. The van der Waals surface area contributed by atoms with Gasteiger partial charge in [-0.2, -0.15) is 23.5 Å². The molecule has 0 aliphatic carbocycles. The molecule has 10 heteroatoms. The summed E-state index contributed by atoms with van der Waals surface area (Å²) in [7, 11) is 0. The van der Waals surface area contributed by atoms with E-state index in [2.05, 4.69) is 10.4 Å². The number of nitrogens with one attached hydrogen (secondary N) is 2. The molecule has 0 saturated carbocycles. The Morgan fingerprint density at radius 2 is 2.19 bits per heavy atom. The van der Waals surface area contributed by atoms with Gasteiger partial charge in [-0.1, -0.05) is 6.07 Å². The molecule has 1 aliphatic rings. The summed E-state index contributed by atoms with van der Waals surface area (Å²) in [6.07, 6.45) is -1.18. The van der Waals surface area contributed by atoms with Gasteiger partial charge in [0.25, 0.3) is 5.91 Å². The van der Waals surface area contributed by atoms with Crippen LogP contribution in [-0.4, -0.2) is 40.1 Å². The minimum absolute atomic E-state index is 0.0448. The maximum Gasteiger partial charge on any atom is 0.433 e. The molecule has 1 amide bonds. The molecule has 136 valence electrons. The van der Waals surface area contributed by atoms with Gasteiger partial charge in [0.05, 0.1) is 11.8 Å². The third-order valence-corrected chi connectivity index (χ3v) is 4.11. The quantitative estimate of drug-likeness (QED) is 0.645. The van der Waals surface area contributed by atoms with Crippen LogP contribution >= 0.6 is 0 Å². The number of aromatic nitrogens is 2. The zero-order valence-electron chi connectivity index (χ0n) is 13.3. The van der Waals surface area contributed by atoms with Crippen LogP contribution in [0.25, 0.3) is 11.1 Å². The Kier molecular flexibility index (Phi) is 4.54. The summed E-state index contributed by atoms with van der Waals surface area (Å²) in [4.78, 5) is 13.7. The Bertz CT molecular complexity index is 870. The summed E-state index contributed by atoms with van der Waals surface area (Å²) in [5, 5.41) is 16.6. The molecular formula is C16H13F4N5O. The molecule has 1 aliphatic heterocycles. The van der Waals surface area contributed by atoms with E-state index in [9.17, 15) is 22.4 Å². The van der Waals surface area contributed by atoms with Crippen molar-refractivity contribution in [3.05, 3.63) is 41.5 Å². The number of nitriles is 1. The van der Waals surface area contributed by atoms with Gasteiger partial charge in [-0.3, -0.25) is 9.89 Å². The summed E-state index contributed by atoms with van der Waals surface area (Å²) in [6.45, 7) is 0.843. The third kappa shape index (κ3) is 3.46. The summed E-state index contributed by atoms with van der Waals surface area (Å²) in [5.74, 6) is -1.62. The van der Waals surface area contributed by atoms with Crippen molar-refractivity contribution >= 4 is 5.91 Å². The van der Waals surface area contributed by atoms with Crippen LogP contribution in [0, 0.1) is 17.3 Å². The number of carbonyl (C=O) groups excluding carboxylic acids is 1. The smallest absolute Gasteiger partial charge is 0.347 e. The predicted octanol–water partition coefficient (Wildman–Crippen LogP) is 2.52. The SMILES string of the molecule is N#CN1CC[C@@H](NC(=O)c2ccc(-c3cn[nH]c3C(F)(F)F)cc2F)C1. The number of aromatic amines is 1. The van der Waals surface area contributed by atoms with Gasteiger partial charge in [0, 0.05) is 24.7 Å². The fraction of sp³-hybridized carbons (Fsp3) is 0.312. The Hall–Kier alpha value is -3.09. The molecular weight excluding hydrogens is 354 g/mol. The van der Waals surface area contributed by atoms with Crippen molar-refractivity contribution < 1.29 is 22.4 Å². The van der Waals surface area contributed by atoms with Crippen LogP contribution in [0.3, 0.4) is 0 Å². The Morgan fingerprint density at radius 1 is 1.42 bits per heavy atom. The molecule has 3 rings (SSSR count). The van der Waals surface area contributed by atoms with Crippen molar-refractivity contribution in [3.63, 3.8) is 0 Å². The highest BCUT2D eigenvalue weighted by Gasteiger charge is 2.36. The van der Waals surface area contributed by atoms with E-state index in [-0.39, 0.29) is 22.7 Å². The largest absolute Gasteiger partial charge is 0.433 e. The molecule has 6 nitrogen and oxygen atoms in total. The van der Waals surface area contributed by atoms with E-state index in [1.54, 1.807) is 0 Å². The van der Waals surface area contributed by atoms with Gasteiger partial charge in [0.2, 0.25) is 0 Å². The van der Waals surface area contributed by atoms with Crippen molar-refractivity contribution in [2.24, 2.45) is 0 Å². The van der Waals surface area contributed by atoms with Crippen LogP contribution in [0.1, 0.15) is 22.5 Å². The number of carbonyl (C=O) groups is 1. The molecule has 0 unspecified atom stereocenters. The molecule has 1 aromatic carbocycles. The summed E-state index contributed by atoms with van der Waals surface area (Å²) >= 11 is 0. The second-order valence-corrected chi connectivity index (χ2v) is 5.86. The zero-order valence-corrected chi connectivity index (χ0v) is 13.3. The van der Waals surface area contributed by atoms with E-state index in [0.717, 1.165) is 18.3 Å². The number of amides is 1. The number of benzene rings is 1. The minimum Gasteiger partial charge on any atom is -0.347 e. The van der Waals surface area contributed by atoms with Crippen LogP contribution in [-0.2, 0) is 6.18 Å². The van der Waals surface area contributed by atoms with Gasteiger partial charge >= 0.3 is 6.18 Å². The number of hydrogen-bond acceptors (Lipinski definition) is 4. The molecule has 1 fully saturated rings. The maximum atomic E-state index is 14.3. The second-order valence-electron chi connectivity index (χ2n) is 5.86. The van der Waals surface area contributed by atoms with Gasteiger partial charge in [-0.15, -0.1) is 0 Å². The summed E-state index contributed by atoms with van der Waals surface area (Å²) in [6, 6.07) is 2.94. The first-order chi connectivity index (χ1) is 12.3. The predicted molar refractivity (Wildman–Crippen MR) is 82.0 cm³/mol. The van der Waals surface area contributed by atoms with E-state index in [4.69, 9.17) is 5.26 Å². The number of rotatable bonds is 3. The summed E-state index contributed by atoms with van der Waals surface area (Å²) in [5.41, 5.74) is -1.71. The molecule has 0 radical (unpaired) electrons. The number of likely N-dealkylation sites (tertiary alicyclic amines) is 1. The van der Waals surface area contributed by atoms with E-state index in [1.165, 1.54) is 11.0 Å². The van der Waals surface area contributed by atoms with Gasteiger partial charge in [-0.25, -0.2) is 4.39 Å². The number of hydrogen-bond donors (Lipinski definition) is 2. The summed E-state index contributed by atoms with van der Waals surface area (Å²) < 4.78 is 53.0. The Labute approximate surface area is 145 Å². The highest BCUT2D eigenvalue weighted by atomic mass is 19.4. The molecule has 2 aromatic rings. The van der Waals surface area contributed by atoms with Crippen LogP contribution < -0.4 is 5.32 Å². The number of nitrogens with zero attached hydrogens (tertiary/aromatic N) is 3. The second kappa shape index (κ2) is 6.67. The number of halogens is 4. The zero-order chi connectivity index (χ0) is 18.9. The first-order valence-electron chi connectivity index (χ1n) is 7.65. The highest BCUT2D eigenvalue weighted by Crippen LogP contribution is 2.35. The molecule has 1 atom stereocenters. The van der Waals surface area contributed by atoms with Crippen molar-refractivity contribution in [2.75, 3.05) is 13.1 Å². The molecule has 0 spiro atoms. The fourth-order valence-corrected chi connectivity index (χ4v) is 2.82. The minimum atomic E-state index is -4.66. The van der Waals surface area contributed by atoms with Crippen LogP contribution in [0.2, 0.25) is 0 Å². The van der Waals surface area contributed by atoms with Gasteiger partial charge in [0.1, 0.15) is 11.5 Å². The highest BCUT2D eigenvalue weighted by molar-refractivity contribution is 5.95. The fourth-order valence-electron chi connectivity index (χ4n) is 2.82. The van der Waals surface area contributed by atoms with Crippen LogP contribution in [0.15, 0.2) is 24.4 Å². The van der Waals surface area contributed by atoms with Gasteiger partial charge in [0.15, 0.2) is 6.19 Å². The number of alkyl halides is 3. The van der Waals surface area contributed by atoms with Crippen LogP contribution in [0.5, 0.6) is 0 Å². The normalized spacial score (nSPS) is 17.2. The lowest BCUT2D eigenvalue weighted by Crippen LogP contribution is -2.36. The lowest BCUT2D eigenvalue weighted by atomic mass is 10.0. The number of H-pyrrole nitrogens is 1. The Morgan fingerprint density at radius 3 is 2.81 bits per heavy atom. The molecule has 1 aromatic heterocycles. The monoisotopic (exact) mass is 367 g/mol. The molecule has 2 N–H and O–H groups in total. The molecule has 0 bridgehead atoms. The molecule has 2 heterocycles. The van der Waals surface area contributed by atoms with Gasteiger partial charge < -0.3 is 10.2 Å². The maximum absolute atomic E-state index is 14.3. The molecule has 26 heavy (non-hydrogen) atoms. The third-order valence-electron chi connectivity index (χ3n) is 4.11. The van der Waals surface area contributed by atoms with E-state index in [0.29, 0.717) is 19.5 Å². The van der Waals surface area contributed by atoms with Crippen LogP contribution in [0.4, 0.5) is 17.6 Å². The van der Waals surface area contributed by atoms with E-state index >= 15 is 0 Å². The van der Waals surface area contributed by atoms with Crippen molar-refractivity contribution in [1.82, 2.24) is 20.4 Å². The van der Waals surface area contributed by atoms with Crippen molar-refractivity contribution in [2.45, 2.75) is 18.6 Å².